The molecule has 7 rings (SSSR count). The number of benzene rings is 2. The quantitative estimate of drug-likeness (QED) is 0.393. The molecule has 32 heavy (non-hydrogen) atoms. The number of hydrogen-bond donors (Lipinski definition) is 2. The van der Waals surface area contributed by atoms with E-state index < -0.39 is 0 Å². The number of hydrogen-bond acceptors (Lipinski definition) is 4. The molecule has 1 saturated heterocycles. The number of anilines is 1. The first-order chi connectivity index (χ1) is 15.9. The van der Waals surface area contributed by atoms with Crippen LogP contribution in [-0.2, 0) is 12.8 Å². The van der Waals surface area contributed by atoms with Crippen LogP contribution in [0.25, 0.3) is 44.0 Å². The van der Waals surface area contributed by atoms with Gasteiger partial charge in [-0.05, 0) is 74.3 Å². The second-order valence-corrected chi connectivity index (χ2v) is 9.29. The van der Waals surface area contributed by atoms with Crippen molar-refractivity contribution >= 4 is 38.4 Å². The van der Waals surface area contributed by atoms with Gasteiger partial charge in [-0.3, -0.25) is 10.2 Å². The van der Waals surface area contributed by atoms with Gasteiger partial charge in [-0.15, -0.1) is 0 Å². The van der Waals surface area contributed by atoms with Gasteiger partial charge in [-0.1, -0.05) is 6.07 Å². The van der Waals surface area contributed by atoms with Gasteiger partial charge in [-0.25, -0.2) is 4.98 Å². The first kappa shape index (κ1) is 18.2. The molecule has 2 N–H and O–H groups in total. The number of pyridine rings is 1. The van der Waals surface area contributed by atoms with Crippen molar-refractivity contribution in [3.8, 4) is 11.3 Å². The molecule has 3 aromatic heterocycles. The zero-order chi connectivity index (χ0) is 21.1. The minimum Gasteiger partial charge on any atom is -0.370 e. The molecule has 0 saturated carbocycles. The average Bonchev–Trinajstić information content (AvgIpc) is 3.52. The number of rotatable bonds is 2. The highest BCUT2D eigenvalue weighted by Crippen LogP contribution is 2.42. The molecular formula is C26H26N6. The van der Waals surface area contributed by atoms with Crippen molar-refractivity contribution in [3.63, 3.8) is 0 Å². The van der Waals surface area contributed by atoms with E-state index in [4.69, 9.17) is 4.98 Å². The third kappa shape index (κ3) is 2.68. The highest BCUT2D eigenvalue weighted by Gasteiger charge is 2.25. The summed E-state index contributed by atoms with van der Waals surface area (Å²) in [7, 11) is 0. The van der Waals surface area contributed by atoms with E-state index in [0.29, 0.717) is 0 Å². The SMILES string of the molecule is c1cc2[nH]ncc2cc1-c1nc2c(N3CCCCC3)cc3[nH]ncc3c2c2c1CCCC2. The lowest BCUT2D eigenvalue weighted by Crippen LogP contribution is -2.29. The Morgan fingerprint density at radius 3 is 2.50 bits per heavy atom. The van der Waals surface area contributed by atoms with Crippen LogP contribution >= 0.6 is 0 Å². The van der Waals surface area contributed by atoms with E-state index in [-0.39, 0.29) is 0 Å². The first-order valence-electron chi connectivity index (χ1n) is 11.9. The van der Waals surface area contributed by atoms with Crippen LogP contribution in [0.5, 0.6) is 0 Å². The standard InChI is InChI=1S/C26H26N6/c1-4-10-32(11-5-1)23-13-22-20(15-28-31-22)24-18-6-2-3-7-19(18)25(29-26(23)24)16-8-9-21-17(12-16)14-27-30-21/h8-9,12-15H,1-7,10-11H2,(H,27,30)(H,28,31). The molecule has 1 aliphatic heterocycles. The third-order valence-electron chi connectivity index (χ3n) is 7.39. The van der Waals surface area contributed by atoms with E-state index in [0.717, 1.165) is 53.6 Å². The van der Waals surface area contributed by atoms with Crippen molar-refractivity contribution in [2.45, 2.75) is 44.9 Å². The van der Waals surface area contributed by atoms with Gasteiger partial charge < -0.3 is 4.90 Å². The minimum atomic E-state index is 1.07. The topological polar surface area (TPSA) is 73.5 Å². The number of H-pyrrole nitrogens is 2. The molecule has 0 amide bonds. The molecule has 5 aromatic rings. The van der Waals surface area contributed by atoms with Crippen molar-refractivity contribution in [3.05, 3.63) is 47.8 Å². The minimum absolute atomic E-state index is 1.07. The van der Waals surface area contributed by atoms with Gasteiger partial charge in [0.25, 0.3) is 0 Å². The molecule has 0 unspecified atom stereocenters. The summed E-state index contributed by atoms with van der Waals surface area (Å²) < 4.78 is 0. The Balaban J connectivity index is 1.57. The Kier molecular flexibility index (Phi) is 4.01. The fourth-order valence-corrected chi connectivity index (χ4v) is 5.81. The molecule has 0 atom stereocenters. The Hall–Kier alpha value is -3.41. The zero-order valence-electron chi connectivity index (χ0n) is 18.1. The van der Waals surface area contributed by atoms with Gasteiger partial charge in [0, 0.05) is 34.8 Å². The Bertz CT molecular complexity index is 1470. The van der Waals surface area contributed by atoms with Gasteiger partial charge in [-0.2, -0.15) is 10.2 Å². The molecule has 6 nitrogen and oxygen atoms in total. The number of fused-ring (bicyclic) bond motifs is 6. The van der Waals surface area contributed by atoms with Crippen LogP contribution in [0.15, 0.2) is 36.7 Å². The number of nitrogens with zero attached hydrogens (tertiary/aromatic N) is 4. The molecule has 2 aromatic carbocycles. The maximum atomic E-state index is 5.44. The Morgan fingerprint density at radius 1 is 0.781 bits per heavy atom. The van der Waals surface area contributed by atoms with Gasteiger partial charge in [0.1, 0.15) is 0 Å². The van der Waals surface area contributed by atoms with Crippen molar-refractivity contribution in [1.29, 1.82) is 0 Å². The van der Waals surface area contributed by atoms with Gasteiger partial charge >= 0.3 is 0 Å². The van der Waals surface area contributed by atoms with Gasteiger partial charge in [0.2, 0.25) is 0 Å². The molecule has 0 spiro atoms. The fourth-order valence-electron chi connectivity index (χ4n) is 5.81. The summed E-state index contributed by atoms with van der Waals surface area (Å²) in [5, 5.41) is 18.6. The third-order valence-corrected chi connectivity index (χ3v) is 7.39. The summed E-state index contributed by atoms with van der Waals surface area (Å²) in [6.07, 6.45) is 12.4. The maximum absolute atomic E-state index is 5.44. The number of nitrogens with one attached hydrogen (secondary N) is 2. The van der Waals surface area contributed by atoms with Gasteiger partial charge in [0.05, 0.1) is 40.3 Å². The molecule has 1 aliphatic carbocycles. The van der Waals surface area contributed by atoms with E-state index in [9.17, 15) is 0 Å². The van der Waals surface area contributed by atoms with Crippen LogP contribution < -0.4 is 4.90 Å². The normalized spacial score (nSPS) is 16.8. The number of aromatic amines is 2. The van der Waals surface area contributed by atoms with Gasteiger partial charge in [0.15, 0.2) is 0 Å². The molecule has 2 aliphatic rings. The van der Waals surface area contributed by atoms with Crippen molar-refractivity contribution < 1.29 is 0 Å². The van der Waals surface area contributed by atoms with Crippen LogP contribution in [0, 0.1) is 0 Å². The summed E-state index contributed by atoms with van der Waals surface area (Å²) in [5.41, 5.74) is 9.84. The van der Waals surface area contributed by atoms with E-state index in [2.05, 4.69) is 49.6 Å². The second-order valence-electron chi connectivity index (χ2n) is 9.29. The average molecular weight is 423 g/mol. The molecule has 160 valence electrons. The Labute approximate surface area is 186 Å². The predicted molar refractivity (Wildman–Crippen MR) is 129 cm³/mol. The first-order valence-corrected chi connectivity index (χ1v) is 11.9. The highest BCUT2D eigenvalue weighted by atomic mass is 15.1. The van der Waals surface area contributed by atoms with E-state index in [1.807, 2.05) is 12.4 Å². The summed E-state index contributed by atoms with van der Waals surface area (Å²) in [5.74, 6) is 0. The molecule has 0 bridgehead atoms. The number of aryl methyl sites for hydroxylation is 1. The summed E-state index contributed by atoms with van der Waals surface area (Å²) in [6.45, 7) is 2.20. The second kappa shape index (κ2) is 7.05. The zero-order valence-corrected chi connectivity index (χ0v) is 18.1. The van der Waals surface area contributed by atoms with E-state index in [1.165, 1.54) is 65.3 Å². The van der Waals surface area contributed by atoms with Crippen molar-refractivity contribution in [2.24, 2.45) is 0 Å². The summed E-state index contributed by atoms with van der Waals surface area (Å²) >= 11 is 0. The van der Waals surface area contributed by atoms with E-state index in [1.54, 1.807) is 0 Å². The number of piperidine rings is 1. The van der Waals surface area contributed by atoms with Crippen molar-refractivity contribution in [1.82, 2.24) is 25.4 Å². The van der Waals surface area contributed by atoms with Crippen LogP contribution in [0.4, 0.5) is 5.69 Å². The largest absolute Gasteiger partial charge is 0.370 e. The molecule has 4 heterocycles. The lowest BCUT2D eigenvalue weighted by molar-refractivity contribution is 0.579. The molecule has 6 heteroatoms. The Morgan fingerprint density at radius 2 is 1.59 bits per heavy atom. The van der Waals surface area contributed by atoms with Crippen LogP contribution in [0.2, 0.25) is 0 Å². The fraction of sp³-hybridized carbons (Fsp3) is 0.346. The maximum Gasteiger partial charge on any atom is 0.0954 e. The van der Waals surface area contributed by atoms with Crippen LogP contribution in [-0.4, -0.2) is 38.5 Å². The number of aromatic nitrogens is 5. The smallest absolute Gasteiger partial charge is 0.0954 e. The summed E-state index contributed by atoms with van der Waals surface area (Å²) in [4.78, 5) is 7.98. The molecule has 0 radical (unpaired) electrons. The predicted octanol–water partition coefficient (Wildman–Crippen LogP) is 5.52. The monoisotopic (exact) mass is 422 g/mol. The van der Waals surface area contributed by atoms with Crippen molar-refractivity contribution in [2.75, 3.05) is 18.0 Å². The molecule has 1 fully saturated rings. The van der Waals surface area contributed by atoms with E-state index >= 15 is 0 Å². The van der Waals surface area contributed by atoms with Crippen LogP contribution in [0.3, 0.4) is 0 Å². The lowest BCUT2D eigenvalue weighted by atomic mass is 9.85. The lowest BCUT2D eigenvalue weighted by Gasteiger charge is -2.31. The highest BCUT2D eigenvalue weighted by molar-refractivity contribution is 6.13. The molecular weight excluding hydrogens is 396 g/mol. The summed E-state index contributed by atoms with van der Waals surface area (Å²) in [6, 6.07) is 8.84. The van der Waals surface area contributed by atoms with Crippen LogP contribution in [0.1, 0.15) is 43.2 Å².